The molecule has 0 saturated carbocycles. The molecular weight excluding hydrogens is 402 g/mol. The van der Waals surface area contributed by atoms with Gasteiger partial charge < -0.3 is 14.4 Å². The van der Waals surface area contributed by atoms with Crippen molar-refractivity contribution in [2.75, 3.05) is 39.9 Å². The quantitative estimate of drug-likeness (QED) is 0.698. The fourth-order valence-electron chi connectivity index (χ4n) is 5.40. The van der Waals surface area contributed by atoms with E-state index in [9.17, 15) is 4.79 Å². The molecule has 1 amide bonds. The Morgan fingerprint density at radius 2 is 2.19 bits per heavy atom. The Hall–Kier alpha value is -2.44. The Balaban J connectivity index is 1.12. The molecule has 0 aliphatic carbocycles. The summed E-state index contributed by atoms with van der Waals surface area (Å²) in [5.74, 6) is 1.76. The van der Waals surface area contributed by atoms with Crippen molar-refractivity contribution >= 4 is 5.91 Å². The number of likely N-dealkylation sites (N-methyl/N-ethyl adjacent to an activating group) is 1. The molecule has 5 rings (SSSR count). The van der Waals surface area contributed by atoms with Gasteiger partial charge in [-0.15, -0.1) is 0 Å². The lowest BCUT2D eigenvalue weighted by atomic mass is 9.75. The summed E-state index contributed by atoms with van der Waals surface area (Å²) in [6, 6.07) is 10.2. The topological polar surface area (TPSA) is 54.9 Å². The highest BCUT2D eigenvalue weighted by Gasteiger charge is 2.50. The summed E-state index contributed by atoms with van der Waals surface area (Å²) in [6.07, 6.45) is 8.46. The van der Waals surface area contributed by atoms with E-state index in [2.05, 4.69) is 23.0 Å². The second-order valence-electron chi connectivity index (χ2n) is 9.70. The van der Waals surface area contributed by atoms with E-state index in [1.807, 2.05) is 35.4 Å². The van der Waals surface area contributed by atoms with Gasteiger partial charge in [0.15, 0.2) is 0 Å². The summed E-state index contributed by atoms with van der Waals surface area (Å²) < 4.78 is 11.7. The SMILES string of the molecule is CN1CC[C@H](COCc2cccnc2)CC12CN(C(=O)Cc1ccc3c(c1)CCCO3)C2. The number of likely N-dealkylation sites (tertiary alicyclic amines) is 2. The van der Waals surface area contributed by atoms with E-state index in [1.54, 1.807) is 6.20 Å². The van der Waals surface area contributed by atoms with Crippen LogP contribution in [0.15, 0.2) is 42.7 Å². The molecule has 3 aliphatic rings. The normalized spacial score (nSPS) is 22.2. The number of piperidine rings is 1. The molecule has 1 spiro atoms. The number of carbonyl (C=O) groups excluding carboxylic acids is 1. The minimum absolute atomic E-state index is 0.111. The van der Waals surface area contributed by atoms with Gasteiger partial charge in [0.2, 0.25) is 5.91 Å². The summed E-state index contributed by atoms with van der Waals surface area (Å²) >= 11 is 0. The van der Waals surface area contributed by atoms with Gasteiger partial charge in [0.05, 0.1) is 25.2 Å². The van der Waals surface area contributed by atoms with E-state index >= 15 is 0 Å². The molecule has 170 valence electrons. The van der Waals surface area contributed by atoms with Crippen LogP contribution in [-0.2, 0) is 29.0 Å². The molecule has 1 aromatic carbocycles. The molecule has 2 aromatic rings. The maximum absolute atomic E-state index is 13.0. The fraction of sp³-hybridized carbons (Fsp3) is 0.538. The largest absolute Gasteiger partial charge is 0.493 e. The van der Waals surface area contributed by atoms with Crippen molar-refractivity contribution in [2.24, 2.45) is 5.92 Å². The summed E-state index contributed by atoms with van der Waals surface area (Å²) in [6.45, 7) is 4.90. The smallest absolute Gasteiger partial charge is 0.227 e. The Morgan fingerprint density at radius 1 is 1.28 bits per heavy atom. The van der Waals surface area contributed by atoms with Gasteiger partial charge in [0, 0.05) is 32.1 Å². The number of hydrogen-bond donors (Lipinski definition) is 0. The third-order valence-electron chi connectivity index (χ3n) is 7.35. The highest BCUT2D eigenvalue weighted by molar-refractivity contribution is 5.80. The lowest BCUT2D eigenvalue weighted by molar-refractivity contribution is -0.150. The van der Waals surface area contributed by atoms with Gasteiger partial charge in [-0.3, -0.25) is 14.7 Å². The van der Waals surface area contributed by atoms with Gasteiger partial charge in [-0.25, -0.2) is 0 Å². The van der Waals surface area contributed by atoms with E-state index in [-0.39, 0.29) is 11.4 Å². The summed E-state index contributed by atoms with van der Waals surface area (Å²) in [4.78, 5) is 21.6. The van der Waals surface area contributed by atoms with E-state index in [0.717, 1.165) is 75.4 Å². The maximum atomic E-state index is 13.0. The van der Waals surface area contributed by atoms with Gasteiger partial charge in [0.25, 0.3) is 0 Å². The molecule has 32 heavy (non-hydrogen) atoms. The predicted molar refractivity (Wildman–Crippen MR) is 123 cm³/mol. The first-order valence-corrected chi connectivity index (χ1v) is 11.8. The molecule has 0 unspecified atom stereocenters. The molecule has 0 bridgehead atoms. The van der Waals surface area contributed by atoms with E-state index in [4.69, 9.17) is 9.47 Å². The van der Waals surface area contributed by atoms with Crippen molar-refractivity contribution in [2.45, 2.75) is 44.2 Å². The molecule has 2 fully saturated rings. The van der Waals surface area contributed by atoms with Crippen LogP contribution in [0.5, 0.6) is 5.75 Å². The van der Waals surface area contributed by atoms with Crippen LogP contribution >= 0.6 is 0 Å². The number of aromatic nitrogens is 1. The first kappa shape index (κ1) is 21.4. The van der Waals surface area contributed by atoms with Crippen LogP contribution in [0, 0.1) is 5.92 Å². The maximum Gasteiger partial charge on any atom is 0.227 e. The summed E-state index contributed by atoms with van der Waals surface area (Å²) in [7, 11) is 2.21. The lowest BCUT2D eigenvalue weighted by Gasteiger charge is -2.58. The van der Waals surface area contributed by atoms with Crippen LogP contribution < -0.4 is 4.74 Å². The molecule has 1 atom stereocenters. The van der Waals surface area contributed by atoms with Crippen molar-refractivity contribution in [3.63, 3.8) is 0 Å². The zero-order valence-corrected chi connectivity index (χ0v) is 19.0. The fourth-order valence-corrected chi connectivity index (χ4v) is 5.40. The molecule has 0 radical (unpaired) electrons. The molecule has 3 aliphatic heterocycles. The molecule has 0 N–H and O–H groups in total. The van der Waals surface area contributed by atoms with E-state index in [0.29, 0.717) is 18.9 Å². The number of amides is 1. The second kappa shape index (κ2) is 9.20. The average Bonchev–Trinajstić information content (AvgIpc) is 2.79. The second-order valence-corrected chi connectivity index (χ2v) is 9.70. The predicted octanol–water partition coefficient (Wildman–Crippen LogP) is 3.09. The minimum atomic E-state index is 0.111. The lowest BCUT2D eigenvalue weighted by Crippen LogP contribution is -2.72. The van der Waals surface area contributed by atoms with Gasteiger partial charge in [-0.05, 0) is 74.0 Å². The number of nitrogens with zero attached hydrogens (tertiary/aromatic N) is 3. The Morgan fingerprint density at radius 3 is 3.03 bits per heavy atom. The zero-order chi connectivity index (χ0) is 22.0. The molecular formula is C26H33N3O3. The van der Waals surface area contributed by atoms with Crippen molar-refractivity contribution in [3.8, 4) is 5.75 Å². The molecule has 4 heterocycles. The monoisotopic (exact) mass is 435 g/mol. The molecule has 2 saturated heterocycles. The van der Waals surface area contributed by atoms with Gasteiger partial charge >= 0.3 is 0 Å². The third-order valence-corrected chi connectivity index (χ3v) is 7.35. The van der Waals surface area contributed by atoms with Crippen LogP contribution in [0.25, 0.3) is 0 Å². The third kappa shape index (κ3) is 4.52. The zero-order valence-electron chi connectivity index (χ0n) is 19.0. The van der Waals surface area contributed by atoms with E-state index < -0.39 is 0 Å². The number of aryl methyl sites for hydroxylation is 1. The van der Waals surface area contributed by atoms with Crippen molar-refractivity contribution in [1.82, 2.24) is 14.8 Å². The Labute approximate surface area is 190 Å². The average molecular weight is 436 g/mol. The Bertz CT molecular complexity index is 943. The van der Waals surface area contributed by atoms with Gasteiger partial charge in [-0.1, -0.05) is 18.2 Å². The molecule has 6 heteroatoms. The van der Waals surface area contributed by atoms with Crippen molar-refractivity contribution in [3.05, 3.63) is 59.4 Å². The summed E-state index contributed by atoms with van der Waals surface area (Å²) in [5, 5.41) is 0. The van der Waals surface area contributed by atoms with Crippen LogP contribution in [-0.4, -0.2) is 66.1 Å². The van der Waals surface area contributed by atoms with E-state index in [1.165, 1.54) is 5.56 Å². The van der Waals surface area contributed by atoms with Gasteiger partial charge in [0.1, 0.15) is 5.75 Å². The van der Waals surface area contributed by atoms with Crippen LogP contribution in [0.3, 0.4) is 0 Å². The molecule has 1 aromatic heterocycles. The summed E-state index contributed by atoms with van der Waals surface area (Å²) in [5.41, 5.74) is 3.56. The van der Waals surface area contributed by atoms with Gasteiger partial charge in [-0.2, -0.15) is 0 Å². The number of carbonyl (C=O) groups is 1. The minimum Gasteiger partial charge on any atom is -0.493 e. The van der Waals surface area contributed by atoms with Crippen LogP contribution in [0.2, 0.25) is 0 Å². The van der Waals surface area contributed by atoms with Crippen molar-refractivity contribution in [1.29, 1.82) is 0 Å². The van der Waals surface area contributed by atoms with Crippen LogP contribution in [0.4, 0.5) is 0 Å². The van der Waals surface area contributed by atoms with Crippen molar-refractivity contribution < 1.29 is 14.3 Å². The number of pyridine rings is 1. The number of fused-ring (bicyclic) bond motifs is 1. The highest BCUT2D eigenvalue weighted by atomic mass is 16.5. The first-order chi connectivity index (χ1) is 15.6. The molecule has 6 nitrogen and oxygen atoms in total. The number of hydrogen-bond acceptors (Lipinski definition) is 5. The number of rotatable bonds is 6. The number of benzene rings is 1. The standard InChI is InChI=1S/C26H33N3O3/c1-28-10-8-21(16-31-17-22-4-2-9-27-15-22)14-26(28)18-29(19-26)25(30)13-20-6-7-24-23(12-20)5-3-11-32-24/h2,4,6-7,9,12,15,21H,3,5,8,10-11,13-14,16-19H2,1H3/t21-/m0/s1. The Kier molecular flexibility index (Phi) is 6.15. The highest BCUT2D eigenvalue weighted by Crippen LogP contribution is 2.38. The van der Waals surface area contributed by atoms with Crippen LogP contribution in [0.1, 0.15) is 36.0 Å². The number of ether oxygens (including phenoxy) is 2. The first-order valence-electron chi connectivity index (χ1n) is 11.8.